The van der Waals surface area contributed by atoms with E-state index in [4.69, 9.17) is 11.6 Å². The van der Waals surface area contributed by atoms with Crippen molar-refractivity contribution in [3.8, 4) is 0 Å². The van der Waals surface area contributed by atoms with Crippen molar-refractivity contribution in [2.45, 2.75) is 12.5 Å². The summed E-state index contributed by atoms with van der Waals surface area (Å²) in [5, 5.41) is 0.522. The first kappa shape index (κ1) is 23.2. The van der Waals surface area contributed by atoms with E-state index in [1.165, 1.54) is 24.3 Å². The van der Waals surface area contributed by atoms with E-state index in [1.807, 2.05) is 29.2 Å². The van der Waals surface area contributed by atoms with Crippen molar-refractivity contribution in [2.24, 2.45) is 0 Å². The molecular formula is C27H23ClFN3O3. The van der Waals surface area contributed by atoms with Gasteiger partial charge in [-0.3, -0.25) is 19.3 Å². The molecule has 0 N–H and O–H groups in total. The molecule has 2 aliphatic rings. The molecule has 2 amide bonds. The monoisotopic (exact) mass is 491 g/mol. The van der Waals surface area contributed by atoms with Crippen LogP contribution < -0.4 is 9.80 Å². The van der Waals surface area contributed by atoms with E-state index < -0.39 is 11.9 Å². The first-order chi connectivity index (χ1) is 16.9. The molecular weight excluding hydrogens is 469 g/mol. The zero-order valence-corrected chi connectivity index (χ0v) is 19.6. The Hall–Kier alpha value is -3.55. The van der Waals surface area contributed by atoms with Crippen molar-refractivity contribution >= 4 is 40.6 Å². The van der Waals surface area contributed by atoms with Gasteiger partial charge in [-0.2, -0.15) is 0 Å². The summed E-state index contributed by atoms with van der Waals surface area (Å²) in [4.78, 5) is 43.7. The van der Waals surface area contributed by atoms with Gasteiger partial charge in [-0.15, -0.1) is 0 Å². The van der Waals surface area contributed by atoms with E-state index in [9.17, 15) is 18.8 Å². The molecule has 3 aromatic carbocycles. The minimum atomic E-state index is -0.507. The topological polar surface area (TPSA) is 60.9 Å². The second-order valence-electron chi connectivity index (χ2n) is 8.67. The minimum absolute atomic E-state index is 0.0843. The van der Waals surface area contributed by atoms with E-state index >= 15 is 0 Å². The molecule has 1 unspecified atom stereocenters. The molecule has 2 saturated heterocycles. The van der Waals surface area contributed by atoms with Gasteiger partial charge < -0.3 is 4.90 Å². The first-order valence-electron chi connectivity index (χ1n) is 11.4. The van der Waals surface area contributed by atoms with Crippen molar-refractivity contribution in [1.82, 2.24) is 4.90 Å². The van der Waals surface area contributed by atoms with Gasteiger partial charge in [0.05, 0.1) is 18.2 Å². The van der Waals surface area contributed by atoms with Crippen LogP contribution in [0.15, 0.2) is 72.8 Å². The Kier molecular flexibility index (Phi) is 6.36. The number of carbonyl (C=O) groups is 3. The lowest BCUT2D eigenvalue weighted by atomic mass is 10.0. The van der Waals surface area contributed by atoms with E-state index in [1.54, 1.807) is 24.3 Å². The predicted molar refractivity (Wildman–Crippen MR) is 132 cm³/mol. The van der Waals surface area contributed by atoms with Crippen molar-refractivity contribution in [3.05, 3.63) is 94.8 Å². The summed E-state index contributed by atoms with van der Waals surface area (Å²) in [5.74, 6) is -1.03. The summed E-state index contributed by atoms with van der Waals surface area (Å²) in [5.41, 5.74) is 2.53. The Morgan fingerprint density at radius 2 is 1.49 bits per heavy atom. The molecule has 0 aromatic heterocycles. The highest BCUT2D eigenvalue weighted by Gasteiger charge is 2.43. The number of carbonyl (C=O) groups excluding carboxylic acids is 3. The zero-order chi connectivity index (χ0) is 24.5. The van der Waals surface area contributed by atoms with Crippen LogP contribution in [0.25, 0.3) is 0 Å². The Bertz CT molecular complexity index is 1270. The van der Waals surface area contributed by atoms with E-state index in [0.29, 0.717) is 48.0 Å². The highest BCUT2D eigenvalue weighted by molar-refractivity contribution is 6.31. The number of hydrogen-bond acceptors (Lipinski definition) is 5. The summed E-state index contributed by atoms with van der Waals surface area (Å²) in [6.07, 6.45) is 0.122. The predicted octanol–water partition coefficient (Wildman–Crippen LogP) is 4.16. The maximum atomic E-state index is 13.2. The fourth-order valence-corrected chi connectivity index (χ4v) is 4.86. The van der Waals surface area contributed by atoms with Gasteiger partial charge in [-0.05, 0) is 60.7 Å². The molecule has 6 nitrogen and oxygen atoms in total. The van der Waals surface area contributed by atoms with E-state index in [-0.39, 0.29) is 24.0 Å². The second kappa shape index (κ2) is 9.60. The first-order valence-corrected chi connectivity index (χ1v) is 11.8. The SMILES string of the molecule is O=C(c1ccc(N2CCN(C3CC(=O)N(c4ccc(F)cc4)C3=O)CC2)cc1)c1cccc(Cl)c1. The van der Waals surface area contributed by atoms with Gasteiger partial charge in [-0.25, -0.2) is 9.29 Å². The molecule has 0 saturated carbocycles. The van der Waals surface area contributed by atoms with Crippen LogP contribution in [0.4, 0.5) is 15.8 Å². The molecule has 0 spiro atoms. The lowest BCUT2D eigenvalue weighted by Crippen LogP contribution is -2.52. The smallest absolute Gasteiger partial charge is 0.251 e. The van der Waals surface area contributed by atoms with Crippen LogP contribution >= 0.6 is 11.6 Å². The van der Waals surface area contributed by atoms with Crippen molar-refractivity contribution in [3.63, 3.8) is 0 Å². The number of halogens is 2. The lowest BCUT2D eigenvalue weighted by molar-refractivity contribution is -0.123. The molecule has 0 radical (unpaired) electrons. The maximum Gasteiger partial charge on any atom is 0.251 e. The number of hydrogen-bond donors (Lipinski definition) is 0. The normalized spacial score (nSPS) is 18.9. The van der Waals surface area contributed by atoms with Crippen LogP contribution in [0.1, 0.15) is 22.3 Å². The van der Waals surface area contributed by atoms with Crippen LogP contribution in [0.3, 0.4) is 0 Å². The van der Waals surface area contributed by atoms with Crippen LogP contribution in [0.5, 0.6) is 0 Å². The highest BCUT2D eigenvalue weighted by Crippen LogP contribution is 2.27. The average Bonchev–Trinajstić information content (AvgIpc) is 3.18. The molecule has 2 heterocycles. The zero-order valence-electron chi connectivity index (χ0n) is 18.9. The van der Waals surface area contributed by atoms with E-state index in [0.717, 1.165) is 10.6 Å². The number of ketones is 1. The quantitative estimate of drug-likeness (QED) is 0.396. The molecule has 2 fully saturated rings. The molecule has 2 aliphatic heterocycles. The average molecular weight is 492 g/mol. The molecule has 35 heavy (non-hydrogen) atoms. The fraction of sp³-hybridized carbons (Fsp3) is 0.222. The lowest BCUT2D eigenvalue weighted by Gasteiger charge is -2.38. The summed E-state index contributed by atoms with van der Waals surface area (Å²) < 4.78 is 13.2. The molecule has 8 heteroatoms. The van der Waals surface area contributed by atoms with Gasteiger partial charge in [0.25, 0.3) is 5.91 Å². The Balaban J connectivity index is 1.21. The van der Waals surface area contributed by atoms with Crippen molar-refractivity contribution in [2.75, 3.05) is 36.0 Å². The second-order valence-corrected chi connectivity index (χ2v) is 9.11. The Morgan fingerprint density at radius 1 is 0.829 bits per heavy atom. The number of rotatable bonds is 5. The van der Waals surface area contributed by atoms with Gasteiger partial charge in [0, 0.05) is 48.0 Å². The van der Waals surface area contributed by atoms with Crippen LogP contribution in [0.2, 0.25) is 5.02 Å². The third kappa shape index (κ3) is 4.70. The number of nitrogens with zero attached hydrogens (tertiary/aromatic N) is 3. The van der Waals surface area contributed by atoms with Gasteiger partial charge in [0.2, 0.25) is 5.91 Å². The number of anilines is 2. The number of amides is 2. The Labute approximate surface area is 207 Å². The Morgan fingerprint density at radius 3 is 2.14 bits per heavy atom. The third-order valence-corrected chi connectivity index (χ3v) is 6.78. The van der Waals surface area contributed by atoms with Gasteiger partial charge in [0.1, 0.15) is 5.82 Å². The molecule has 0 bridgehead atoms. The third-order valence-electron chi connectivity index (χ3n) is 6.54. The molecule has 178 valence electrons. The largest absolute Gasteiger partial charge is 0.369 e. The van der Waals surface area contributed by atoms with E-state index in [2.05, 4.69) is 4.90 Å². The molecule has 5 rings (SSSR count). The summed E-state index contributed by atoms with van der Waals surface area (Å²) in [6.45, 7) is 2.64. The van der Waals surface area contributed by atoms with Crippen molar-refractivity contribution in [1.29, 1.82) is 0 Å². The number of imide groups is 1. The summed E-state index contributed by atoms with van der Waals surface area (Å²) >= 11 is 6.00. The minimum Gasteiger partial charge on any atom is -0.369 e. The van der Waals surface area contributed by atoms with Crippen LogP contribution in [-0.2, 0) is 9.59 Å². The summed E-state index contributed by atoms with van der Waals surface area (Å²) in [7, 11) is 0. The van der Waals surface area contributed by atoms with Gasteiger partial charge in [-0.1, -0.05) is 23.7 Å². The van der Waals surface area contributed by atoms with Crippen LogP contribution in [0, 0.1) is 5.82 Å². The molecule has 0 aliphatic carbocycles. The van der Waals surface area contributed by atoms with Crippen LogP contribution in [-0.4, -0.2) is 54.7 Å². The van der Waals surface area contributed by atoms with Gasteiger partial charge in [0.15, 0.2) is 5.78 Å². The summed E-state index contributed by atoms with van der Waals surface area (Å²) in [6, 6.07) is 19.2. The molecule has 1 atom stereocenters. The molecule has 3 aromatic rings. The maximum absolute atomic E-state index is 13.2. The number of piperazine rings is 1. The van der Waals surface area contributed by atoms with Crippen molar-refractivity contribution < 1.29 is 18.8 Å². The highest BCUT2D eigenvalue weighted by atomic mass is 35.5. The number of benzene rings is 3. The fourth-order valence-electron chi connectivity index (χ4n) is 4.67. The standard InChI is InChI=1S/C27H23ClFN3O3/c28-20-3-1-2-19(16-20)26(34)18-4-8-22(9-5-18)30-12-14-31(15-13-30)24-17-25(33)32(27(24)35)23-10-6-21(29)7-11-23/h1-11,16,24H,12-15,17H2. The van der Waals surface area contributed by atoms with Gasteiger partial charge >= 0.3 is 0 Å².